The number of hydrogen-bond donors (Lipinski definition) is 1. The van der Waals surface area contributed by atoms with Gasteiger partial charge in [-0.05, 0) is 30.2 Å². The van der Waals surface area contributed by atoms with Gasteiger partial charge >= 0.3 is 5.97 Å². The number of aliphatic carboxylic acids is 1. The largest absolute Gasteiger partial charge is 0.497 e. The summed E-state index contributed by atoms with van der Waals surface area (Å²) in [5.41, 5.74) is -0.190. The maximum absolute atomic E-state index is 12.5. The van der Waals surface area contributed by atoms with E-state index in [2.05, 4.69) is 15.9 Å². The highest BCUT2D eigenvalue weighted by molar-refractivity contribution is 9.10. The number of carbonyl (C=O) groups is 2. The fraction of sp³-hybridized carbons (Fsp3) is 0.500. The van der Waals surface area contributed by atoms with Gasteiger partial charge in [0.1, 0.15) is 11.2 Å². The highest BCUT2D eigenvalue weighted by Gasteiger charge is 2.46. The Balaban J connectivity index is 2.09. The molecule has 0 spiro atoms. The van der Waals surface area contributed by atoms with Gasteiger partial charge in [-0.2, -0.15) is 0 Å². The van der Waals surface area contributed by atoms with Gasteiger partial charge in [0.25, 0.3) is 0 Å². The summed E-state index contributed by atoms with van der Waals surface area (Å²) in [7, 11) is 3.05. The van der Waals surface area contributed by atoms with Crippen LogP contribution in [0.25, 0.3) is 0 Å². The number of hydrogen-bond acceptors (Lipinski definition) is 4. The number of halogens is 1. The van der Waals surface area contributed by atoms with Crippen LogP contribution in [0.2, 0.25) is 0 Å². The molecule has 1 amide bonds. The van der Waals surface area contributed by atoms with Crippen LogP contribution in [0.1, 0.15) is 12.0 Å². The summed E-state index contributed by atoms with van der Waals surface area (Å²) in [6, 6.07) is 5.44. The van der Waals surface area contributed by atoms with Gasteiger partial charge in [-0.3, -0.25) is 9.59 Å². The summed E-state index contributed by atoms with van der Waals surface area (Å²) in [6.45, 7) is 0.710. The summed E-state index contributed by atoms with van der Waals surface area (Å²) in [5, 5.41) is 9.45. The van der Waals surface area contributed by atoms with Gasteiger partial charge in [0, 0.05) is 24.7 Å². The molecule has 1 aromatic carbocycles. The second-order valence-corrected chi connectivity index (χ2v) is 6.57. The SMILES string of the molecule is COCC1(C(=O)O)CCN(C(=O)Cc2cc(OC)ccc2Br)C1. The zero-order valence-corrected chi connectivity index (χ0v) is 14.8. The number of nitrogens with zero attached hydrogens (tertiary/aromatic N) is 1. The minimum atomic E-state index is -1.00. The molecule has 2 rings (SSSR count). The molecule has 7 heteroatoms. The van der Waals surface area contributed by atoms with E-state index in [1.807, 2.05) is 12.1 Å². The Hall–Kier alpha value is -1.60. The molecule has 1 aliphatic rings. The van der Waals surface area contributed by atoms with Crippen LogP contribution < -0.4 is 4.74 Å². The summed E-state index contributed by atoms with van der Waals surface area (Å²) in [4.78, 5) is 25.6. The molecule has 1 atom stereocenters. The predicted molar refractivity (Wildman–Crippen MR) is 87.5 cm³/mol. The third kappa shape index (κ3) is 3.84. The lowest BCUT2D eigenvalue weighted by atomic mass is 9.88. The van der Waals surface area contributed by atoms with Crippen molar-refractivity contribution in [3.8, 4) is 5.75 Å². The van der Waals surface area contributed by atoms with E-state index in [1.54, 1.807) is 18.1 Å². The number of rotatable bonds is 6. The van der Waals surface area contributed by atoms with Gasteiger partial charge in [-0.1, -0.05) is 15.9 Å². The summed E-state index contributed by atoms with van der Waals surface area (Å²) >= 11 is 3.43. The summed E-state index contributed by atoms with van der Waals surface area (Å²) in [5.74, 6) is -0.341. The average molecular weight is 386 g/mol. The van der Waals surface area contributed by atoms with Crippen LogP contribution in [0.3, 0.4) is 0 Å². The molecular weight excluding hydrogens is 366 g/mol. The third-order valence-electron chi connectivity index (χ3n) is 4.18. The number of methoxy groups -OCH3 is 2. The smallest absolute Gasteiger partial charge is 0.313 e. The molecule has 126 valence electrons. The Kier molecular flexibility index (Phi) is 5.64. The number of amides is 1. The van der Waals surface area contributed by atoms with Gasteiger partial charge in [0.05, 0.1) is 20.1 Å². The van der Waals surface area contributed by atoms with Crippen molar-refractivity contribution in [3.63, 3.8) is 0 Å². The summed E-state index contributed by atoms with van der Waals surface area (Å²) in [6.07, 6.45) is 0.599. The monoisotopic (exact) mass is 385 g/mol. The van der Waals surface area contributed by atoms with Gasteiger partial charge < -0.3 is 19.5 Å². The topological polar surface area (TPSA) is 76.1 Å². The first kappa shape index (κ1) is 17.7. The fourth-order valence-corrected chi connectivity index (χ4v) is 3.19. The first-order valence-electron chi connectivity index (χ1n) is 7.24. The lowest BCUT2D eigenvalue weighted by molar-refractivity contribution is -0.151. The van der Waals surface area contributed by atoms with Gasteiger partial charge in [0.2, 0.25) is 5.91 Å². The fourth-order valence-electron chi connectivity index (χ4n) is 2.80. The van der Waals surface area contributed by atoms with Gasteiger partial charge in [-0.15, -0.1) is 0 Å². The molecule has 1 N–H and O–H groups in total. The molecular formula is C16H20BrNO5. The molecule has 1 saturated heterocycles. The minimum Gasteiger partial charge on any atom is -0.497 e. The van der Waals surface area contributed by atoms with Crippen LogP contribution in [-0.4, -0.2) is 55.8 Å². The average Bonchev–Trinajstić information content (AvgIpc) is 2.95. The van der Waals surface area contributed by atoms with Crippen LogP contribution in [0.4, 0.5) is 0 Å². The second-order valence-electron chi connectivity index (χ2n) is 5.72. The van der Waals surface area contributed by atoms with Crippen molar-refractivity contribution in [2.45, 2.75) is 12.8 Å². The van der Waals surface area contributed by atoms with E-state index in [0.29, 0.717) is 18.7 Å². The maximum atomic E-state index is 12.5. The Labute approximate surface area is 143 Å². The first-order chi connectivity index (χ1) is 10.9. The minimum absolute atomic E-state index is 0.0989. The van der Waals surface area contributed by atoms with Crippen LogP contribution in [0.5, 0.6) is 5.75 Å². The number of carboxylic acids is 1. The number of carboxylic acid groups (broad SMARTS) is 1. The predicted octanol–water partition coefficient (Wildman–Crippen LogP) is 1.95. The Bertz CT molecular complexity index is 606. The van der Waals surface area contributed by atoms with E-state index in [0.717, 1.165) is 10.0 Å². The van der Waals surface area contributed by atoms with E-state index in [1.165, 1.54) is 7.11 Å². The van der Waals surface area contributed by atoms with Crippen molar-refractivity contribution in [3.05, 3.63) is 28.2 Å². The molecule has 1 aromatic rings. The number of carbonyl (C=O) groups excluding carboxylic acids is 1. The number of likely N-dealkylation sites (tertiary alicyclic amines) is 1. The van der Waals surface area contributed by atoms with Crippen LogP contribution >= 0.6 is 15.9 Å². The van der Waals surface area contributed by atoms with Crippen LogP contribution in [-0.2, 0) is 20.7 Å². The molecule has 0 aromatic heterocycles. The standard InChI is InChI=1S/C16H20BrNO5/c1-22-10-16(15(20)21)5-6-18(9-16)14(19)8-11-7-12(23-2)3-4-13(11)17/h3-4,7H,5-6,8-10H2,1-2H3,(H,20,21). The zero-order chi connectivity index (χ0) is 17.0. The second kappa shape index (κ2) is 7.31. The first-order valence-corrected chi connectivity index (χ1v) is 8.03. The Morgan fingerprint density at radius 2 is 2.13 bits per heavy atom. The molecule has 0 bridgehead atoms. The number of ether oxygens (including phenoxy) is 2. The van der Waals surface area contributed by atoms with Gasteiger partial charge in [-0.25, -0.2) is 0 Å². The molecule has 0 aliphatic carbocycles. The highest BCUT2D eigenvalue weighted by Crippen LogP contribution is 2.32. The molecule has 1 unspecified atom stereocenters. The molecule has 0 saturated carbocycles. The number of benzene rings is 1. The molecule has 1 heterocycles. The third-order valence-corrected chi connectivity index (χ3v) is 4.95. The van der Waals surface area contributed by atoms with Crippen LogP contribution in [0, 0.1) is 5.41 Å². The van der Waals surface area contributed by atoms with E-state index in [9.17, 15) is 14.7 Å². The molecule has 23 heavy (non-hydrogen) atoms. The zero-order valence-electron chi connectivity index (χ0n) is 13.2. The summed E-state index contributed by atoms with van der Waals surface area (Å²) < 4.78 is 11.0. The van der Waals surface area contributed by atoms with E-state index < -0.39 is 11.4 Å². The van der Waals surface area contributed by atoms with Crippen molar-refractivity contribution in [2.24, 2.45) is 5.41 Å². The molecule has 1 fully saturated rings. The molecule has 1 aliphatic heterocycles. The van der Waals surface area contributed by atoms with Crippen LogP contribution in [0.15, 0.2) is 22.7 Å². The van der Waals surface area contributed by atoms with Gasteiger partial charge in [0.15, 0.2) is 0 Å². The Morgan fingerprint density at radius 1 is 1.39 bits per heavy atom. The maximum Gasteiger partial charge on any atom is 0.313 e. The molecule has 6 nitrogen and oxygen atoms in total. The lowest BCUT2D eigenvalue weighted by Crippen LogP contribution is -2.40. The van der Waals surface area contributed by atoms with Crippen molar-refractivity contribution < 1.29 is 24.2 Å². The van der Waals surface area contributed by atoms with Crippen molar-refractivity contribution in [1.29, 1.82) is 0 Å². The van der Waals surface area contributed by atoms with Crippen molar-refractivity contribution in [2.75, 3.05) is 33.9 Å². The van der Waals surface area contributed by atoms with Crippen molar-refractivity contribution in [1.82, 2.24) is 4.90 Å². The normalized spacial score (nSPS) is 20.6. The Morgan fingerprint density at radius 3 is 2.74 bits per heavy atom. The quantitative estimate of drug-likeness (QED) is 0.809. The van der Waals surface area contributed by atoms with E-state index in [4.69, 9.17) is 9.47 Å². The molecule has 0 radical (unpaired) electrons. The van der Waals surface area contributed by atoms with E-state index in [-0.39, 0.29) is 25.5 Å². The highest BCUT2D eigenvalue weighted by atomic mass is 79.9. The van der Waals surface area contributed by atoms with Crippen molar-refractivity contribution >= 4 is 27.8 Å². The lowest BCUT2D eigenvalue weighted by Gasteiger charge is -2.24. The van der Waals surface area contributed by atoms with E-state index >= 15 is 0 Å².